The van der Waals surface area contributed by atoms with Gasteiger partial charge < -0.3 is 15.2 Å². The highest BCUT2D eigenvalue weighted by molar-refractivity contribution is 5.94. The van der Waals surface area contributed by atoms with Gasteiger partial charge >= 0.3 is 11.9 Å². The molecule has 2 aromatic carbocycles. The van der Waals surface area contributed by atoms with Crippen molar-refractivity contribution in [3.63, 3.8) is 0 Å². The number of hydrogen-bond acceptors (Lipinski definition) is 4. The predicted octanol–water partition coefficient (Wildman–Crippen LogP) is 4.31. The van der Waals surface area contributed by atoms with Crippen molar-refractivity contribution in [3.05, 3.63) is 76.4 Å². The third-order valence-corrected chi connectivity index (χ3v) is 5.73. The molecule has 138 valence electrons. The maximum Gasteiger partial charge on any atom is 0.338 e. The van der Waals surface area contributed by atoms with Crippen LogP contribution in [0, 0.1) is 12.8 Å². The Morgan fingerprint density at radius 2 is 1.89 bits per heavy atom. The summed E-state index contributed by atoms with van der Waals surface area (Å²) in [7, 11) is 1.37. The van der Waals surface area contributed by atoms with E-state index in [0.29, 0.717) is 11.1 Å². The van der Waals surface area contributed by atoms with Crippen molar-refractivity contribution < 1.29 is 19.4 Å². The quantitative estimate of drug-likeness (QED) is 0.628. The minimum atomic E-state index is -0.930. The number of carboxylic acids is 1. The minimum absolute atomic E-state index is 0.142. The smallest absolute Gasteiger partial charge is 0.338 e. The second-order valence-corrected chi connectivity index (χ2v) is 7.06. The molecule has 0 radical (unpaired) electrons. The Morgan fingerprint density at radius 3 is 2.63 bits per heavy atom. The Kier molecular flexibility index (Phi) is 4.22. The first-order valence-corrected chi connectivity index (χ1v) is 9.00. The number of carbonyl (C=O) groups is 2. The summed E-state index contributed by atoms with van der Waals surface area (Å²) in [5, 5.41) is 13.2. The largest absolute Gasteiger partial charge is 0.478 e. The lowest BCUT2D eigenvalue weighted by Crippen LogP contribution is -2.31. The van der Waals surface area contributed by atoms with Crippen LogP contribution >= 0.6 is 0 Å². The fourth-order valence-corrected chi connectivity index (χ4v) is 4.42. The van der Waals surface area contributed by atoms with Crippen molar-refractivity contribution in [2.45, 2.75) is 25.3 Å². The first kappa shape index (κ1) is 17.3. The summed E-state index contributed by atoms with van der Waals surface area (Å²) >= 11 is 0. The molecule has 1 heterocycles. The third-order valence-electron chi connectivity index (χ3n) is 5.73. The zero-order valence-corrected chi connectivity index (χ0v) is 15.2. The van der Waals surface area contributed by atoms with Gasteiger partial charge in [0.2, 0.25) is 0 Å². The summed E-state index contributed by atoms with van der Waals surface area (Å²) in [5.74, 6) is -0.871. The lowest BCUT2D eigenvalue weighted by atomic mass is 9.75. The SMILES string of the molecule is COC(=O)c1ccc2c(c1C)N[C@H](c1ccccc1C(=O)O)[C@H]1CC=C[C@H]21. The van der Waals surface area contributed by atoms with Crippen molar-refractivity contribution >= 4 is 17.6 Å². The van der Waals surface area contributed by atoms with Crippen LogP contribution in [0.5, 0.6) is 0 Å². The maximum atomic E-state index is 12.1. The number of carbonyl (C=O) groups excluding carboxylic acids is 1. The van der Waals surface area contributed by atoms with Crippen LogP contribution in [0.4, 0.5) is 5.69 Å². The Labute approximate surface area is 157 Å². The van der Waals surface area contributed by atoms with Crippen molar-refractivity contribution in [1.82, 2.24) is 0 Å². The fraction of sp³-hybridized carbons (Fsp3) is 0.273. The van der Waals surface area contributed by atoms with Crippen LogP contribution in [-0.4, -0.2) is 24.2 Å². The van der Waals surface area contributed by atoms with Gasteiger partial charge in [-0.25, -0.2) is 9.59 Å². The molecule has 2 aliphatic rings. The number of hydrogen-bond donors (Lipinski definition) is 2. The van der Waals surface area contributed by atoms with Crippen LogP contribution in [0.15, 0.2) is 48.6 Å². The van der Waals surface area contributed by atoms with Crippen LogP contribution in [0.3, 0.4) is 0 Å². The average Bonchev–Trinajstić information content (AvgIpc) is 3.17. The molecule has 0 spiro atoms. The van der Waals surface area contributed by atoms with E-state index in [0.717, 1.165) is 28.8 Å². The van der Waals surface area contributed by atoms with Crippen LogP contribution in [0.2, 0.25) is 0 Å². The molecule has 2 aromatic rings. The van der Waals surface area contributed by atoms with Gasteiger partial charge in [-0.05, 0) is 48.1 Å². The molecule has 0 amide bonds. The average molecular weight is 363 g/mol. The summed E-state index contributed by atoms with van der Waals surface area (Å²) in [6.45, 7) is 1.90. The molecule has 2 N–H and O–H groups in total. The van der Waals surface area contributed by atoms with Crippen molar-refractivity contribution in [1.29, 1.82) is 0 Å². The molecule has 4 rings (SSSR count). The van der Waals surface area contributed by atoms with Gasteiger partial charge in [-0.2, -0.15) is 0 Å². The van der Waals surface area contributed by atoms with Gasteiger partial charge in [-0.15, -0.1) is 0 Å². The predicted molar refractivity (Wildman–Crippen MR) is 102 cm³/mol. The summed E-state index contributed by atoms with van der Waals surface area (Å²) in [4.78, 5) is 23.8. The number of fused-ring (bicyclic) bond motifs is 3. The van der Waals surface area contributed by atoms with E-state index in [2.05, 4.69) is 17.5 Å². The first-order valence-electron chi connectivity index (χ1n) is 9.00. The lowest BCUT2D eigenvalue weighted by Gasteiger charge is -2.39. The zero-order valence-electron chi connectivity index (χ0n) is 15.2. The molecule has 27 heavy (non-hydrogen) atoms. The van der Waals surface area contributed by atoms with E-state index >= 15 is 0 Å². The highest BCUT2D eigenvalue weighted by Crippen LogP contribution is 2.51. The number of ether oxygens (including phenoxy) is 1. The molecule has 5 heteroatoms. The number of esters is 1. The van der Waals surface area contributed by atoms with Gasteiger partial charge in [0, 0.05) is 11.6 Å². The Balaban J connectivity index is 1.86. The number of rotatable bonds is 3. The monoisotopic (exact) mass is 363 g/mol. The number of anilines is 1. The highest BCUT2D eigenvalue weighted by atomic mass is 16.5. The second-order valence-electron chi connectivity index (χ2n) is 7.06. The summed E-state index contributed by atoms with van der Waals surface area (Å²) in [5.41, 5.74) is 4.48. The van der Waals surface area contributed by atoms with E-state index in [1.165, 1.54) is 7.11 Å². The van der Waals surface area contributed by atoms with E-state index in [4.69, 9.17) is 4.74 Å². The van der Waals surface area contributed by atoms with E-state index < -0.39 is 5.97 Å². The van der Waals surface area contributed by atoms with Gasteiger partial charge in [0.25, 0.3) is 0 Å². The Morgan fingerprint density at radius 1 is 1.11 bits per heavy atom. The van der Waals surface area contributed by atoms with Crippen molar-refractivity contribution in [3.8, 4) is 0 Å². The summed E-state index contributed by atoms with van der Waals surface area (Å²) in [6.07, 6.45) is 5.23. The van der Waals surface area contributed by atoms with Gasteiger partial charge in [-0.1, -0.05) is 36.4 Å². The molecule has 5 nitrogen and oxygen atoms in total. The minimum Gasteiger partial charge on any atom is -0.478 e. The number of benzene rings is 2. The van der Waals surface area contributed by atoms with Crippen LogP contribution in [-0.2, 0) is 4.74 Å². The topological polar surface area (TPSA) is 75.6 Å². The van der Waals surface area contributed by atoms with Crippen molar-refractivity contribution in [2.24, 2.45) is 5.92 Å². The molecule has 0 unspecified atom stereocenters. The van der Waals surface area contributed by atoms with Crippen LogP contribution in [0.25, 0.3) is 0 Å². The van der Waals surface area contributed by atoms with E-state index in [-0.39, 0.29) is 23.8 Å². The standard InChI is InChI=1S/C22H21NO4/c1-12-13(22(26)27-2)10-11-17-14-8-5-9-15(14)20(23-19(12)17)16-6-3-4-7-18(16)21(24)25/h3-8,10-11,14-15,20,23H,9H2,1-2H3,(H,24,25)/t14-,15-,20-/m0/s1. The number of aromatic carboxylic acids is 1. The molecule has 0 bridgehead atoms. The third kappa shape index (κ3) is 2.70. The molecule has 1 aliphatic heterocycles. The molecule has 0 saturated heterocycles. The Hall–Kier alpha value is -3.08. The molecular weight excluding hydrogens is 342 g/mol. The molecule has 0 aromatic heterocycles. The summed E-state index contributed by atoms with van der Waals surface area (Å²) < 4.78 is 4.90. The summed E-state index contributed by atoms with van der Waals surface area (Å²) in [6, 6.07) is 10.8. The molecular formula is C22H21NO4. The van der Waals surface area contributed by atoms with Crippen LogP contribution in [0.1, 0.15) is 55.8 Å². The van der Waals surface area contributed by atoms with Gasteiger partial charge in [-0.3, -0.25) is 0 Å². The number of allylic oxidation sites excluding steroid dienone is 2. The van der Waals surface area contributed by atoms with E-state index in [9.17, 15) is 14.7 Å². The molecule has 0 fully saturated rings. The second kappa shape index (κ2) is 6.58. The van der Waals surface area contributed by atoms with Gasteiger partial charge in [0.05, 0.1) is 24.3 Å². The van der Waals surface area contributed by atoms with Gasteiger partial charge in [0.15, 0.2) is 0 Å². The number of carboxylic acid groups (broad SMARTS) is 1. The normalized spacial score (nSPS) is 22.5. The number of methoxy groups -OCH3 is 1. The molecule has 1 aliphatic carbocycles. The van der Waals surface area contributed by atoms with E-state index in [1.54, 1.807) is 12.1 Å². The molecule has 3 atom stereocenters. The Bertz CT molecular complexity index is 963. The molecule has 0 saturated carbocycles. The zero-order chi connectivity index (χ0) is 19.1. The first-order chi connectivity index (χ1) is 13.0. The van der Waals surface area contributed by atoms with Crippen molar-refractivity contribution in [2.75, 3.05) is 12.4 Å². The highest BCUT2D eigenvalue weighted by Gasteiger charge is 2.40. The van der Waals surface area contributed by atoms with Crippen LogP contribution < -0.4 is 5.32 Å². The van der Waals surface area contributed by atoms with Gasteiger partial charge in [0.1, 0.15) is 0 Å². The maximum absolute atomic E-state index is 12.1. The fourth-order valence-electron chi connectivity index (χ4n) is 4.42. The van der Waals surface area contributed by atoms with E-state index in [1.807, 2.05) is 31.2 Å². The number of nitrogens with one attached hydrogen (secondary N) is 1. The lowest BCUT2D eigenvalue weighted by molar-refractivity contribution is 0.0599.